The van der Waals surface area contributed by atoms with Crippen LogP contribution in [-0.2, 0) is 14.3 Å². The molecular weight excluding hydrogens is 318 g/mol. The number of anilines is 2. The van der Waals surface area contributed by atoms with Crippen LogP contribution in [0.5, 0.6) is 0 Å². The van der Waals surface area contributed by atoms with E-state index < -0.39 is 0 Å². The fourth-order valence-electron chi connectivity index (χ4n) is 2.29. The van der Waals surface area contributed by atoms with Crippen LogP contribution in [0.4, 0.5) is 11.4 Å². The fourth-order valence-corrected chi connectivity index (χ4v) is 2.29. The minimum absolute atomic E-state index is 0. The summed E-state index contributed by atoms with van der Waals surface area (Å²) in [6.07, 6.45) is 2.64. The molecule has 128 valence electrons. The summed E-state index contributed by atoms with van der Waals surface area (Å²) in [7, 11) is 1.86. The third-order valence-corrected chi connectivity index (χ3v) is 3.49. The Bertz CT molecular complexity index is 502. The molecule has 1 heterocycles. The molecule has 1 saturated heterocycles. The molecule has 0 bridgehead atoms. The lowest BCUT2D eigenvalue weighted by atomic mass is 10.2. The molecule has 0 spiro atoms. The number of hydrogen-bond donors (Lipinski definition) is 3. The number of benzene rings is 1. The van der Waals surface area contributed by atoms with E-state index in [0.29, 0.717) is 18.7 Å². The van der Waals surface area contributed by atoms with Crippen molar-refractivity contribution >= 4 is 35.6 Å². The molecule has 1 aromatic rings. The molecule has 0 radical (unpaired) electrons. The normalized spacial score (nSPS) is 16.5. The van der Waals surface area contributed by atoms with E-state index in [4.69, 9.17) is 4.74 Å². The van der Waals surface area contributed by atoms with Crippen molar-refractivity contribution in [3.63, 3.8) is 0 Å². The zero-order chi connectivity index (χ0) is 15.8. The zero-order valence-electron chi connectivity index (χ0n) is 13.3. The number of halogens is 1. The number of ether oxygens (including phenoxy) is 1. The van der Waals surface area contributed by atoms with Crippen molar-refractivity contribution in [3.05, 3.63) is 24.3 Å². The number of carbonyl (C=O) groups is 2. The van der Waals surface area contributed by atoms with Crippen molar-refractivity contribution in [1.82, 2.24) is 5.32 Å². The summed E-state index contributed by atoms with van der Waals surface area (Å²) in [6, 6.07) is 7.11. The van der Waals surface area contributed by atoms with Crippen molar-refractivity contribution in [3.8, 4) is 0 Å². The van der Waals surface area contributed by atoms with E-state index in [1.165, 1.54) is 0 Å². The van der Waals surface area contributed by atoms with E-state index in [-0.39, 0.29) is 30.3 Å². The maximum Gasteiger partial charge on any atom is 0.253 e. The highest BCUT2D eigenvalue weighted by molar-refractivity contribution is 5.95. The first-order chi connectivity index (χ1) is 10.7. The molecule has 2 amide bonds. The molecule has 1 atom stereocenters. The molecule has 0 aromatic heterocycles. The Labute approximate surface area is 142 Å². The molecule has 23 heavy (non-hydrogen) atoms. The summed E-state index contributed by atoms with van der Waals surface area (Å²) in [5.41, 5.74) is 1.43. The van der Waals surface area contributed by atoms with Crippen molar-refractivity contribution < 1.29 is 14.3 Å². The first-order valence-corrected chi connectivity index (χ1v) is 7.66. The molecule has 1 fully saturated rings. The van der Waals surface area contributed by atoms with E-state index in [2.05, 4.69) is 16.0 Å². The Morgan fingerprint density at radius 2 is 1.83 bits per heavy atom. The molecule has 2 rings (SSSR count). The first kappa shape index (κ1) is 19.4. The Balaban J connectivity index is 0.00000264. The molecule has 3 N–H and O–H groups in total. The second-order valence-corrected chi connectivity index (χ2v) is 5.32. The SMILES string of the molecule is CNCCCC(=O)Nc1ccc(NC(=O)C2CCCO2)cc1.Cl. The molecule has 7 heteroatoms. The largest absolute Gasteiger partial charge is 0.368 e. The van der Waals surface area contributed by atoms with Crippen molar-refractivity contribution in [2.45, 2.75) is 31.8 Å². The van der Waals surface area contributed by atoms with Crippen LogP contribution in [-0.4, -0.2) is 38.1 Å². The van der Waals surface area contributed by atoms with Crippen molar-refractivity contribution in [1.29, 1.82) is 0 Å². The molecule has 1 aromatic carbocycles. The van der Waals surface area contributed by atoms with Gasteiger partial charge in [0.2, 0.25) is 5.91 Å². The molecule has 0 saturated carbocycles. The summed E-state index contributed by atoms with van der Waals surface area (Å²) in [5.74, 6) is -0.118. The highest BCUT2D eigenvalue weighted by Gasteiger charge is 2.23. The topological polar surface area (TPSA) is 79.5 Å². The Kier molecular flexibility index (Phi) is 8.61. The fraction of sp³-hybridized carbons (Fsp3) is 0.500. The maximum atomic E-state index is 11.9. The molecule has 6 nitrogen and oxygen atoms in total. The van der Waals surface area contributed by atoms with E-state index in [0.717, 1.165) is 31.5 Å². The lowest BCUT2D eigenvalue weighted by Crippen LogP contribution is -2.26. The van der Waals surface area contributed by atoms with Gasteiger partial charge in [-0.2, -0.15) is 0 Å². The summed E-state index contributed by atoms with van der Waals surface area (Å²) >= 11 is 0. The van der Waals surface area contributed by atoms with Crippen LogP contribution in [0.2, 0.25) is 0 Å². The predicted octanol–water partition coefficient (Wildman–Crippen LogP) is 2.16. The minimum atomic E-state index is -0.341. The van der Waals surface area contributed by atoms with Gasteiger partial charge in [-0.15, -0.1) is 12.4 Å². The van der Waals surface area contributed by atoms with Crippen LogP contribution in [0, 0.1) is 0 Å². The lowest BCUT2D eigenvalue weighted by molar-refractivity contribution is -0.124. The van der Waals surface area contributed by atoms with Crippen LogP contribution < -0.4 is 16.0 Å². The molecule has 1 aliphatic rings. The van der Waals surface area contributed by atoms with Crippen LogP contribution in [0.25, 0.3) is 0 Å². The smallest absolute Gasteiger partial charge is 0.253 e. The van der Waals surface area contributed by atoms with Gasteiger partial charge >= 0.3 is 0 Å². The molecule has 1 unspecified atom stereocenters. The number of rotatable bonds is 7. The van der Waals surface area contributed by atoms with Gasteiger partial charge in [0.1, 0.15) is 6.10 Å². The Morgan fingerprint density at radius 1 is 1.17 bits per heavy atom. The highest BCUT2D eigenvalue weighted by Crippen LogP contribution is 2.17. The van der Waals surface area contributed by atoms with Gasteiger partial charge in [0.15, 0.2) is 0 Å². The van der Waals surface area contributed by atoms with Gasteiger partial charge in [-0.05, 0) is 57.1 Å². The summed E-state index contributed by atoms with van der Waals surface area (Å²) in [6.45, 7) is 1.47. The van der Waals surface area contributed by atoms with E-state index in [9.17, 15) is 9.59 Å². The second-order valence-electron chi connectivity index (χ2n) is 5.32. The molecular formula is C16H24ClN3O3. The van der Waals surface area contributed by atoms with Crippen molar-refractivity contribution in [2.24, 2.45) is 0 Å². The van der Waals surface area contributed by atoms with Crippen molar-refractivity contribution in [2.75, 3.05) is 30.8 Å². The number of hydrogen-bond acceptors (Lipinski definition) is 4. The predicted molar refractivity (Wildman–Crippen MR) is 93.1 cm³/mol. The number of amides is 2. The monoisotopic (exact) mass is 341 g/mol. The van der Waals surface area contributed by atoms with Crippen LogP contribution >= 0.6 is 12.4 Å². The van der Waals surface area contributed by atoms with Gasteiger partial charge in [-0.25, -0.2) is 0 Å². The standard InChI is InChI=1S/C16H23N3O3.ClH/c1-17-10-2-5-15(20)18-12-6-8-13(9-7-12)19-16(21)14-4-3-11-22-14;/h6-9,14,17H,2-5,10-11H2,1H3,(H,18,20)(H,19,21);1H. The Morgan fingerprint density at radius 3 is 2.39 bits per heavy atom. The molecule has 0 aliphatic carbocycles. The van der Waals surface area contributed by atoms with Crippen LogP contribution in [0.1, 0.15) is 25.7 Å². The lowest BCUT2D eigenvalue weighted by Gasteiger charge is -2.11. The van der Waals surface area contributed by atoms with Gasteiger partial charge in [-0.1, -0.05) is 0 Å². The van der Waals surface area contributed by atoms with Gasteiger partial charge in [0.05, 0.1) is 0 Å². The highest BCUT2D eigenvalue weighted by atomic mass is 35.5. The van der Waals surface area contributed by atoms with Gasteiger partial charge in [0, 0.05) is 24.4 Å². The van der Waals surface area contributed by atoms with E-state index in [1.54, 1.807) is 24.3 Å². The van der Waals surface area contributed by atoms with Gasteiger partial charge in [0.25, 0.3) is 5.91 Å². The summed E-state index contributed by atoms with van der Waals surface area (Å²) in [4.78, 5) is 23.6. The third-order valence-electron chi connectivity index (χ3n) is 3.49. The maximum absolute atomic E-state index is 11.9. The quantitative estimate of drug-likeness (QED) is 0.664. The van der Waals surface area contributed by atoms with Crippen LogP contribution in [0.15, 0.2) is 24.3 Å². The van der Waals surface area contributed by atoms with Crippen LogP contribution in [0.3, 0.4) is 0 Å². The number of nitrogens with one attached hydrogen (secondary N) is 3. The van der Waals surface area contributed by atoms with Gasteiger partial charge < -0.3 is 20.7 Å². The summed E-state index contributed by atoms with van der Waals surface area (Å²) < 4.78 is 5.34. The second kappa shape index (κ2) is 10.2. The van der Waals surface area contributed by atoms with Gasteiger partial charge in [-0.3, -0.25) is 9.59 Å². The average molecular weight is 342 g/mol. The Hall–Kier alpha value is -1.63. The third kappa shape index (κ3) is 6.56. The molecule has 1 aliphatic heterocycles. The van der Waals surface area contributed by atoms with E-state index in [1.807, 2.05) is 7.05 Å². The first-order valence-electron chi connectivity index (χ1n) is 7.66. The average Bonchev–Trinajstić information content (AvgIpc) is 3.04. The van der Waals surface area contributed by atoms with E-state index >= 15 is 0 Å². The zero-order valence-corrected chi connectivity index (χ0v) is 14.1. The number of carbonyl (C=O) groups excluding carboxylic acids is 2. The summed E-state index contributed by atoms with van der Waals surface area (Å²) in [5, 5.41) is 8.66. The minimum Gasteiger partial charge on any atom is -0.368 e.